The van der Waals surface area contributed by atoms with Gasteiger partial charge in [-0.25, -0.2) is 4.68 Å². The summed E-state index contributed by atoms with van der Waals surface area (Å²) in [6, 6.07) is 10.1. The van der Waals surface area contributed by atoms with Crippen LogP contribution in [0.4, 0.5) is 4.39 Å². The van der Waals surface area contributed by atoms with Crippen LogP contribution < -0.4 is 5.56 Å². The number of benzene rings is 1. The summed E-state index contributed by atoms with van der Waals surface area (Å²) in [4.78, 5) is 11.4. The van der Waals surface area contributed by atoms with Crippen LogP contribution in [0.1, 0.15) is 5.69 Å². The fourth-order valence-electron chi connectivity index (χ4n) is 1.25. The SMILES string of the molecule is N#Cc1[nH]n(-c2ccccc2)c(=O)c1F. The number of halogens is 1. The minimum Gasteiger partial charge on any atom is -0.278 e. The lowest BCUT2D eigenvalue weighted by atomic mass is 10.3. The Kier molecular flexibility index (Phi) is 2.10. The van der Waals surface area contributed by atoms with Crippen molar-refractivity contribution in [1.82, 2.24) is 9.78 Å². The molecule has 2 aromatic rings. The van der Waals surface area contributed by atoms with Crippen molar-refractivity contribution in [2.75, 3.05) is 0 Å². The zero-order valence-corrected chi connectivity index (χ0v) is 7.57. The zero-order chi connectivity index (χ0) is 10.8. The average molecular weight is 203 g/mol. The minimum absolute atomic E-state index is 0.358. The van der Waals surface area contributed by atoms with Gasteiger partial charge in [0.25, 0.3) is 0 Å². The van der Waals surface area contributed by atoms with Gasteiger partial charge in [-0.3, -0.25) is 9.89 Å². The lowest BCUT2D eigenvalue weighted by Crippen LogP contribution is -2.16. The van der Waals surface area contributed by atoms with Crippen molar-refractivity contribution in [2.45, 2.75) is 0 Å². The van der Waals surface area contributed by atoms with Gasteiger partial charge in [0.15, 0.2) is 5.69 Å². The molecule has 5 heteroatoms. The first-order chi connectivity index (χ1) is 7.24. The predicted octanol–water partition coefficient (Wildman–Crippen LogP) is 1.18. The van der Waals surface area contributed by atoms with Gasteiger partial charge in [-0.1, -0.05) is 18.2 Å². The molecule has 2 rings (SSSR count). The largest absolute Gasteiger partial charge is 0.308 e. The maximum atomic E-state index is 13.1. The maximum absolute atomic E-state index is 13.1. The molecule has 1 N–H and O–H groups in total. The molecule has 0 aliphatic heterocycles. The highest BCUT2D eigenvalue weighted by Gasteiger charge is 2.13. The van der Waals surface area contributed by atoms with Crippen LogP contribution in [-0.2, 0) is 0 Å². The number of rotatable bonds is 1. The third-order valence-corrected chi connectivity index (χ3v) is 1.96. The van der Waals surface area contributed by atoms with E-state index in [9.17, 15) is 9.18 Å². The van der Waals surface area contributed by atoms with Gasteiger partial charge in [-0.05, 0) is 12.1 Å². The van der Waals surface area contributed by atoms with Gasteiger partial charge in [-0.15, -0.1) is 0 Å². The molecule has 4 nitrogen and oxygen atoms in total. The summed E-state index contributed by atoms with van der Waals surface area (Å²) in [6.45, 7) is 0. The van der Waals surface area contributed by atoms with Crippen molar-refractivity contribution in [3.8, 4) is 11.8 Å². The van der Waals surface area contributed by atoms with E-state index in [0.29, 0.717) is 5.69 Å². The Morgan fingerprint density at radius 1 is 1.33 bits per heavy atom. The number of nitrogens with zero attached hydrogens (tertiary/aromatic N) is 2. The third kappa shape index (κ3) is 1.42. The summed E-state index contributed by atoms with van der Waals surface area (Å²) in [5.74, 6) is -1.05. The molecular formula is C10H6FN3O. The fraction of sp³-hybridized carbons (Fsp3) is 0. The fourth-order valence-corrected chi connectivity index (χ4v) is 1.25. The summed E-state index contributed by atoms with van der Waals surface area (Å²) in [5.41, 5.74) is -0.718. The van der Waals surface area contributed by atoms with Crippen molar-refractivity contribution < 1.29 is 4.39 Å². The second kappa shape index (κ2) is 3.42. The van der Waals surface area contributed by atoms with Crippen LogP contribution in [-0.4, -0.2) is 9.78 Å². The topological polar surface area (TPSA) is 61.6 Å². The number of aromatic nitrogens is 2. The Morgan fingerprint density at radius 2 is 2.00 bits per heavy atom. The Balaban J connectivity index is 2.67. The summed E-state index contributed by atoms with van der Waals surface area (Å²) in [7, 11) is 0. The molecule has 0 aliphatic carbocycles. The van der Waals surface area contributed by atoms with Gasteiger partial charge >= 0.3 is 5.56 Å². The van der Waals surface area contributed by atoms with Crippen molar-refractivity contribution in [3.05, 3.63) is 52.2 Å². The molecule has 0 atom stereocenters. The molecule has 74 valence electrons. The highest BCUT2D eigenvalue weighted by atomic mass is 19.1. The number of nitriles is 1. The van der Waals surface area contributed by atoms with Crippen LogP contribution in [0.25, 0.3) is 5.69 Å². The Morgan fingerprint density at radius 3 is 2.53 bits per heavy atom. The Labute approximate surface area is 84.2 Å². The van der Waals surface area contributed by atoms with Crippen LogP contribution in [0.5, 0.6) is 0 Å². The molecule has 0 saturated carbocycles. The summed E-state index contributed by atoms with van der Waals surface area (Å²) < 4.78 is 14.1. The number of H-pyrrole nitrogens is 1. The van der Waals surface area contributed by atoms with Gasteiger partial charge in [0, 0.05) is 0 Å². The Bertz CT molecular complexity index is 577. The lowest BCUT2D eigenvalue weighted by molar-refractivity contribution is 0.611. The molecule has 0 radical (unpaired) electrons. The zero-order valence-electron chi connectivity index (χ0n) is 7.57. The lowest BCUT2D eigenvalue weighted by Gasteiger charge is -1.98. The van der Waals surface area contributed by atoms with Crippen molar-refractivity contribution in [3.63, 3.8) is 0 Å². The van der Waals surface area contributed by atoms with E-state index >= 15 is 0 Å². The third-order valence-electron chi connectivity index (χ3n) is 1.96. The van der Waals surface area contributed by atoms with E-state index in [-0.39, 0.29) is 5.69 Å². The molecule has 0 spiro atoms. The molecule has 1 aromatic heterocycles. The van der Waals surface area contributed by atoms with Gasteiger partial charge in [-0.2, -0.15) is 9.65 Å². The molecule has 0 unspecified atom stereocenters. The van der Waals surface area contributed by atoms with Crippen molar-refractivity contribution >= 4 is 0 Å². The van der Waals surface area contributed by atoms with E-state index in [4.69, 9.17) is 5.26 Å². The first kappa shape index (κ1) is 9.21. The normalized spacial score (nSPS) is 9.87. The highest BCUT2D eigenvalue weighted by molar-refractivity contribution is 5.32. The highest BCUT2D eigenvalue weighted by Crippen LogP contribution is 2.05. The van der Waals surface area contributed by atoms with E-state index in [1.54, 1.807) is 36.4 Å². The molecule has 1 heterocycles. The number of aromatic amines is 1. The van der Waals surface area contributed by atoms with E-state index < -0.39 is 11.4 Å². The summed E-state index contributed by atoms with van der Waals surface area (Å²) in [5, 5.41) is 10.9. The van der Waals surface area contributed by atoms with E-state index in [2.05, 4.69) is 5.10 Å². The van der Waals surface area contributed by atoms with Crippen LogP contribution in [0.3, 0.4) is 0 Å². The monoisotopic (exact) mass is 203 g/mol. The smallest absolute Gasteiger partial charge is 0.278 e. The van der Waals surface area contributed by atoms with E-state index in [1.165, 1.54) is 0 Å². The number of hydrogen-bond donors (Lipinski definition) is 1. The van der Waals surface area contributed by atoms with Gasteiger partial charge < -0.3 is 0 Å². The maximum Gasteiger partial charge on any atom is 0.308 e. The Hall–Kier alpha value is -2.35. The molecule has 0 fully saturated rings. The molecule has 0 aliphatic rings. The predicted molar refractivity (Wildman–Crippen MR) is 51.1 cm³/mol. The molecule has 0 saturated heterocycles. The van der Waals surface area contributed by atoms with Gasteiger partial charge in [0.05, 0.1) is 5.69 Å². The van der Waals surface area contributed by atoms with Crippen LogP contribution in [0, 0.1) is 17.1 Å². The quantitative estimate of drug-likeness (QED) is 0.756. The number of nitrogens with one attached hydrogen (secondary N) is 1. The number of para-hydroxylation sites is 1. The van der Waals surface area contributed by atoms with Crippen LogP contribution in [0.2, 0.25) is 0 Å². The summed E-state index contributed by atoms with van der Waals surface area (Å²) >= 11 is 0. The average Bonchev–Trinajstić information content (AvgIpc) is 2.57. The van der Waals surface area contributed by atoms with Crippen LogP contribution >= 0.6 is 0 Å². The first-order valence-corrected chi connectivity index (χ1v) is 4.20. The van der Waals surface area contributed by atoms with Crippen LogP contribution in [0.15, 0.2) is 35.1 Å². The molecule has 0 bridgehead atoms. The van der Waals surface area contributed by atoms with Crippen molar-refractivity contribution in [2.24, 2.45) is 0 Å². The second-order valence-corrected chi connectivity index (χ2v) is 2.89. The molecule has 1 aromatic carbocycles. The molecule has 0 amide bonds. The van der Waals surface area contributed by atoms with Gasteiger partial charge in [0.1, 0.15) is 6.07 Å². The van der Waals surface area contributed by atoms with E-state index in [0.717, 1.165) is 4.68 Å². The second-order valence-electron chi connectivity index (χ2n) is 2.89. The van der Waals surface area contributed by atoms with Crippen molar-refractivity contribution in [1.29, 1.82) is 5.26 Å². The van der Waals surface area contributed by atoms with E-state index in [1.807, 2.05) is 0 Å². The molecular weight excluding hydrogens is 197 g/mol. The molecule has 15 heavy (non-hydrogen) atoms. The van der Waals surface area contributed by atoms with Gasteiger partial charge in [0.2, 0.25) is 5.82 Å². The first-order valence-electron chi connectivity index (χ1n) is 4.20. The number of hydrogen-bond acceptors (Lipinski definition) is 2. The minimum atomic E-state index is -1.05. The standard InChI is InChI=1S/C10H6FN3O/c11-9-8(6-12)13-14(10(9)15)7-4-2-1-3-5-7/h1-5,13H. The summed E-state index contributed by atoms with van der Waals surface area (Å²) in [6.07, 6.45) is 0.